The number of nitrogens with zero attached hydrogens (tertiary/aromatic N) is 3. The molecule has 2 aromatic carbocycles. The molecule has 2 heterocycles. The Morgan fingerprint density at radius 1 is 1.00 bits per heavy atom. The molecule has 3 N–H and O–H groups in total. The third kappa shape index (κ3) is 6.64. The number of ether oxygens (including phenoxy) is 3. The van der Waals surface area contributed by atoms with Crippen LogP contribution in [-0.4, -0.2) is 61.9 Å². The highest BCUT2D eigenvalue weighted by Gasteiger charge is 2.43. The molecule has 11 heteroatoms. The molecule has 1 atom stereocenters. The first kappa shape index (κ1) is 31.9. The van der Waals surface area contributed by atoms with Crippen LogP contribution in [0, 0.1) is 18.3 Å². The quantitative estimate of drug-likeness (QED) is 0.353. The van der Waals surface area contributed by atoms with E-state index in [2.05, 4.69) is 11.4 Å². The van der Waals surface area contributed by atoms with Crippen LogP contribution in [0.5, 0.6) is 0 Å². The van der Waals surface area contributed by atoms with Crippen molar-refractivity contribution in [2.45, 2.75) is 58.1 Å². The zero-order chi connectivity index (χ0) is 32.2. The molecule has 4 rings (SSSR count). The maximum Gasteiger partial charge on any atom is 0.410 e. The molecule has 0 aliphatic carbocycles. The van der Waals surface area contributed by atoms with Gasteiger partial charge in [0.2, 0.25) is 0 Å². The summed E-state index contributed by atoms with van der Waals surface area (Å²) in [7, 11) is 2.43. The van der Waals surface area contributed by atoms with Crippen molar-refractivity contribution < 1.29 is 28.6 Å². The minimum absolute atomic E-state index is 0.0129. The standard InChI is InChI=1S/C33H39N5O6/c1-20-12-13-25(24(18-20)36-22-14-16-37(17-15-22)32(41)44-33(2,3)4)38-28(31(40)43-6)27(30(39)42-5)26(23(19-34)29(38)35)21-10-8-7-9-11-21/h7-13,18,22,26,36H,14-17,35H2,1-6H3. The van der Waals surface area contributed by atoms with E-state index in [0.29, 0.717) is 42.9 Å². The van der Waals surface area contributed by atoms with Gasteiger partial charge in [-0.1, -0.05) is 36.4 Å². The second-order valence-electron chi connectivity index (χ2n) is 11.7. The van der Waals surface area contributed by atoms with Gasteiger partial charge in [-0.15, -0.1) is 0 Å². The van der Waals surface area contributed by atoms with E-state index in [1.807, 2.05) is 45.9 Å². The summed E-state index contributed by atoms with van der Waals surface area (Å²) in [5, 5.41) is 13.9. The summed E-state index contributed by atoms with van der Waals surface area (Å²) in [6, 6.07) is 16.6. The van der Waals surface area contributed by atoms with E-state index in [4.69, 9.17) is 19.9 Å². The molecule has 0 aromatic heterocycles. The first-order chi connectivity index (χ1) is 20.9. The molecule has 1 amide bonds. The van der Waals surface area contributed by atoms with Crippen LogP contribution in [0.15, 0.2) is 71.2 Å². The van der Waals surface area contributed by atoms with E-state index in [1.165, 1.54) is 19.1 Å². The number of piperidine rings is 1. The third-order valence-electron chi connectivity index (χ3n) is 7.51. The number of esters is 2. The number of nitriles is 1. The average molecular weight is 602 g/mol. The van der Waals surface area contributed by atoms with Gasteiger partial charge >= 0.3 is 18.0 Å². The second-order valence-corrected chi connectivity index (χ2v) is 11.7. The Hall–Kier alpha value is -4.98. The molecule has 1 unspecified atom stereocenters. The Bertz CT molecular complexity index is 1530. The summed E-state index contributed by atoms with van der Waals surface area (Å²) >= 11 is 0. The molecular formula is C33H39N5O6. The van der Waals surface area contributed by atoms with E-state index in [-0.39, 0.29) is 34.8 Å². The molecule has 0 radical (unpaired) electrons. The SMILES string of the molecule is COC(=O)C1=C(C(=O)OC)N(c2ccc(C)cc2NC2CCN(C(=O)OC(C)(C)C)CC2)C(N)=C(C#N)C1c1ccccc1. The fourth-order valence-electron chi connectivity index (χ4n) is 5.48. The van der Waals surface area contributed by atoms with E-state index in [1.54, 1.807) is 35.2 Å². The molecule has 2 aliphatic heterocycles. The van der Waals surface area contributed by atoms with E-state index < -0.39 is 23.5 Å². The molecule has 1 saturated heterocycles. The van der Waals surface area contributed by atoms with Gasteiger partial charge < -0.3 is 30.2 Å². The lowest BCUT2D eigenvalue weighted by atomic mass is 9.81. The number of aryl methyl sites for hydroxylation is 1. The number of anilines is 2. The molecule has 0 bridgehead atoms. The number of nitrogens with two attached hydrogens (primary N) is 1. The van der Waals surface area contributed by atoms with Gasteiger partial charge in [0.15, 0.2) is 0 Å². The highest BCUT2D eigenvalue weighted by atomic mass is 16.6. The molecule has 11 nitrogen and oxygen atoms in total. The Balaban J connectivity index is 1.79. The number of hydrogen-bond acceptors (Lipinski definition) is 10. The fourth-order valence-corrected chi connectivity index (χ4v) is 5.48. The van der Waals surface area contributed by atoms with Gasteiger partial charge in [0.1, 0.15) is 17.1 Å². The lowest BCUT2D eigenvalue weighted by Gasteiger charge is -2.38. The lowest BCUT2D eigenvalue weighted by molar-refractivity contribution is -0.139. The number of nitrogens with one attached hydrogen (secondary N) is 1. The number of hydrogen-bond donors (Lipinski definition) is 2. The predicted octanol–water partition coefficient (Wildman–Crippen LogP) is 4.70. The van der Waals surface area contributed by atoms with Gasteiger partial charge in [-0.3, -0.25) is 4.90 Å². The molecule has 0 saturated carbocycles. The van der Waals surface area contributed by atoms with Crippen LogP contribution in [0.3, 0.4) is 0 Å². The van der Waals surface area contributed by atoms with E-state index >= 15 is 0 Å². The summed E-state index contributed by atoms with van der Waals surface area (Å²) < 4.78 is 15.8. The lowest BCUT2D eigenvalue weighted by Crippen LogP contribution is -2.45. The molecule has 44 heavy (non-hydrogen) atoms. The smallest absolute Gasteiger partial charge is 0.410 e. The van der Waals surface area contributed by atoms with Crippen molar-refractivity contribution in [3.63, 3.8) is 0 Å². The summed E-state index contributed by atoms with van der Waals surface area (Å²) in [5.41, 5.74) is 8.62. The number of likely N-dealkylation sites (tertiary alicyclic amines) is 1. The zero-order valence-electron chi connectivity index (χ0n) is 26.0. The normalized spacial score (nSPS) is 17.6. The Kier molecular flexibility index (Phi) is 9.53. The van der Waals surface area contributed by atoms with Crippen molar-refractivity contribution in [3.8, 4) is 6.07 Å². The highest BCUT2D eigenvalue weighted by molar-refractivity contribution is 6.07. The van der Waals surface area contributed by atoms with Gasteiger partial charge in [-0.05, 0) is 63.8 Å². The van der Waals surface area contributed by atoms with Gasteiger partial charge in [-0.25, -0.2) is 14.4 Å². The van der Waals surface area contributed by atoms with Gasteiger partial charge in [-0.2, -0.15) is 5.26 Å². The summed E-state index contributed by atoms with van der Waals surface area (Å²) in [4.78, 5) is 42.6. The summed E-state index contributed by atoms with van der Waals surface area (Å²) in [5.74, 6) is -2.58. The number of benzene rings is 2. The van der Waals surface area contributed by atoms with Crippen LogP contribution < -0.4 is 16.0 Å². The molecule has 1 fully saturated rings. The molecule has 2 aromatic rings. The maximum absolute atomic E-state index is 13.5. The van der Waals surface area contributed by atoms with Crippen molar-refractivity contribution in [1.82, 2.24) is 4.90 Å². The summed E-state index contributed by atoms with van der Waals surface area (Å²) in [6.07, 6.45) is 0.938. The maximum atomic E-state index is 13.5. The van der Waals surface area contributed by atoms with E-state index in [9.17, 15) is 19.6 Å². The zero-order valence-corrected chi connectivity index (χ0v) is 26.0. The van der Waals surface area contributed by atoms with Gasteiger partial charge in [0, 0.05) is 19.1 Å². The topological polar surface area (TPSA) is 147 Å². The Morgan fingerprint density at radius 3 is 2.20 bits per heavy atom. The number of rotatable bonds is 6. The number of allylic oxidation sites excluding steroid dienone is 1. The number of amides is 1. The van der Waals surface area contributed by atoms with Crippen LogP contribution in [-0.2, 0) is 23.8 Å². The molecular weight excluding hydrogens is 562 g/mol. The largest absolute Gasteiger partial charge is 0.466 e. The Labute approximate surface area is 257 Å². The Morgan fingerprint density at radius 2 is 1.64 bits per heavy atom. The molecule has 2 aliphatic rings. The van der Waals surface area contributed by atoms with Crippen molar-refractivity contribution >= 4 is 29.4 Å². The van der Waals surface area contributed by atoms with Crippen molar-refractivity contribution in [2.24, 2.45) is 5.73 Å². The molecule has 0 spiro atoms. The minimum atomic E-state index is -0.960. The summed E-state index contributed by atoms with van der Waals surface area (Å²) in [6.45, 7) is 8.43. The third-order valence-corrected chi connectivity index (χ3v) is 7.51. The predicted molar refractivity (Wildman–Crippen MR) is 165 cm³/mol. The van der Waals surface area contributed by atoms with Crippen LogP contribution in [0.1, 0.15) is 50.7 Å². The molecule has 232 valence electrons. The van der Waals surface area contributed by atoms with Crippen LogP contribution in [0.2, 0.25) is 0 Å². The highest BCUT2D eigenvalue weighted by Crippen LogP contribution is 2.45. The second kappa shape index (κ2) is 13.1. The number of methoxy groups -OCH3 is 2. The van der Waals surface area contributed by atoms with Gasteiger partial charge in [0.25, 0.3) is 0 Å². The van der Waals surface area contributed by atoms with Crippen LogP contribution >= 0.6 is 0 Å². The average Bonchev–Trinajstić information content (AvgIpc) is 3.00. The minimum Gasteiger partial charge on any atom is -0.466 e. The van der Waals surface area contributed by atoms with Crippen LogP contribution in [0.4, 0.5) is 16.2 Å². The van der Waals surface area contributed by atoms with Crippen LogP contribution in [0.25, 0.3) is 0 Å². The fraction of sp³-hybridized carbons (Fsp3) is 0.394. The number of carbonyl (C=O) groups excluding carboxylic acids is 3. The first-order valence-electron chi connectivity index (χ1n) is 14.4. The van der Waals surface area contributed by atoms with E-state index in [0.717, 1.165) is 5.56 Å². The van der Waals surface area contributed by atoms with Crippen molar-refractivity contribution in [2.75, 3.05) is 37.5 Å². The number of carbonyl (C=O) groups is 3. The van der Waals surface area contributed by atoms with Crippen molar-refractivity contribution in [1.29, 1.82) is 5.26 Å². The van der Waals surface area contributed by atoms with Gasteiger partial charge in [0.05, 0.1) is 48.7 Å². The first-order valence-corrected chi connectivity index (χ1v) is 14.4. The van der Waals surface area contributed by atoms with Crippen molar-refractivity contribution in [3.05, 3.63) is 82.3 Å². The monoisotopic (exact) mass is 601 g/mol.